The van der Waals surface area contributed by atoms with Crippen LogP contribution in [0.5, 0.6) is 0 Å². The second kappa shape index (κ2) is 7.71. The average Bonchev–Trinajstić information content (AvgIpc) is 3.10. The van der Waals surface area contributed by atoms with Crippen molar-refractivity contribution in [1.82, 2.24) is 14.8 Å². The first kappa shape index (κ1) is 16.2. The molecule has 0 N–H and O–H groups in total. The van der Waals surface area contributed by atoms with Crippen molar-refractivity contribution < 1.29 is 0 Å². The van der Waals surface area contributed by atoms with Crippen LogP contribution in [0.2, 0.25) is 0 Å². The summed E-state index contributed by atoms with van der Waals surface area (Å²) in [6.07, 6.45) is 10.1. The van der Waals surface area contributed by atoms with E-state index in [2.05, 4.69) is 40.9 Å². The third-order valence-electron chi connectivity index (χ3n) is 5.09. The van der Waals surface area contributed by atoms with Crippen LogP contribution in [0.15, 0.2) is 17.7 Å². The fourth-order valence-electron chi connectivity index (χ4n) is 3.84. The number of hydrogen-bond acceptors (Lipinski definition) is 4. The molecule has 0 spiro atoms. The Kier molecular flexibility index (Phi) is 5.66. The minimum atomic E-state index is 0.845. The fraction of sp³-hybridized carbons (Fsp3) is 0.722. The third-order valence-corrected chi connectivity index (χ3v) is 6.01. The van der Waals surface area contributed by atoms with Crippen molar-refractivity contribution in [2.75, 3.05) is 33.2 Å². The number of aromatic nitrogens is 1. The molecule has 2 aliphatic rings. The van der Waals surface area contributed by atoms with E-state index in [1.54, 1.807) is 11.3 Å². The Morgan fingerprint density at radius 3 is 2.95 bits per heavy atom. The zero-order valence-corrected chi connectivity index (χ0v) is 14.8. The molecule has 1 aliphatic carbocycles. The van der Waals surface area contributed by atoms with E-state index in [9.17, 15) is 0 Å². The van der Waals surface area contributed by atoms with Crippen molar-refractivity contribution in [1.29, 1.82) is 0 Å². The van der Waals surface area contributed by atoms with Gasteiger partial charge in [0.05, 0.1) is 11.2 Å². The highest BCUT2D eigenvalue weighted by Gasteiger charge is 2.25. The largest absolute Gasteiger partial charge is 0.303 e. The molecule has 0 amide bonds. The molecule has 0 unspecified atom stereocenters. The Balaban J connectivity index is 1.40. The highest BCUT2D eigenvalue weighted by Crippen LogP contribution is 2.24. The molecule has 0 saturated carbocycles. The van der Waals surface area contributed by atoms with E-state index in [1.807, 2.05) is 5.51 Å². The average molecular weight is 320 g/mol. The molecular formula is C18H29N3S. The highest BCUT2D eigenvalue weighted by atomic mass is 32.1. The van der Waals surface area contributed by atoms with E-state index in [0.29, 0.717) is 0 Å². The van der Waals surface area contributed by atoms with Crippen LogP contribution in [0.3, 0.4) is 0 Å². The van der Waals surface area contributed by atoms with Gasteiger partial charge in [0, 0.05) is 31.1 Å². The number of likely N-dealkylation sites (tertiary alicyclic amines) is 1. The summed E-state index contributed by atoms with van der Waals surface area (Å²) < 4.78 is 0. The van der Waals surface area contributed by atoms with Gasteiger partial charge in [0.25, 0.3) is 0 Å². The molecule has 22 heavy (non-hydrogen) atoms. The van der Waals surface area contributed by atoms with Crippen molar-refractivity contribution in [3.63, 3.8) is 0 Å². The predicted molar refractivity (Wildman–Crippen MR) is 94.2 cm³/mol. The Labute approximate surface area is 139 Å². The van der Waals surface area contributed by atoms with Crippen molar-refractivity contribution >= 4 is 11.3 Å². The molecule has 0 radical (unpaired) electrons. The van der Waals surface area contributed by atoms with Gasteiger partial charge in [0.1, 0.15) is 0 Å². The lowest BCUT2D eigenvalue weighted by atomic mass is 9.94. The molecule has 1 fully saturated rings. The van der Waals surface area contributed by atoms with Crippen molar-refractivity contribution in [3.05, 3.63) is 28.2 Å². The standard InChI is InChI=1S/C18H29N3S/c1-15-18(22-14-19-15)13-20(2)10-17-8-9-21(12-17)11-16-6-4-3-5-7-16/h3-4,14,16-17H,5-13H2,1-2H3/t16-,17-/m0/s1. The lowest BCUT2D eigenvalue weighted by Gasteiger charge is -2.25. The van der Waals surface area contributed by atoms with E-state index in [-0.39, 0.29) is 0 Å². The molecular weight excluding hydrogens is 290 g/mol. The minimum Gasteiger partial charge on any atom is -0.303 e. The summed E-state index contributed by atoms with van der Waals surface area (Å²) in [6, 6.07) is 0. The molecule has 1 aliphatic heterocycles. The minimum absolute atomic E-state index is 0.845. The van der Waals surface area contributed by atoms with Gasteiger partial charge in [-0.3, -0.25) is 0 Å². The Hall–Kier alpha value is -0.710. The Bertz CT molecular complexity index is 496. The number of allylic oxidation sites excluding steroid dienone is 2. The summed E-state index contributed by atoms with van der Waals surface area (Å²) in [5.74, 6) is 1.75. The molecule has 4 heteroatoms. The fourth-order valence-corrected chi connectivity index (χ4v) is 4.70. The van der Waals surface area contributed by atoms with E-state index < -0.39 is 0 Å². The van der Waals surface area contributed by atoms with Crippen LogP contribution < -0.4 is 0 Å². The molecule has 2 atom stereocenters. The number of thiazole rings is 1. The molecule has 0 aromatic carbocycles. The molecule has 3 nitrogen and oxygen atoms in total. The van der Waals surface area contributed by atoms with Gasteiger partial charge in [-0.1, -0.05) is 12.2 Å². The lowest BCUT2D eigenvalue weighted by molar-refractivity contribution is 0.235. The van der Waals surface area contributed by atoms with Crippen LogP contribution in [0.1, 0.15) is 36.3 Å². The quantitative estimate of drug-likeness (QED) is 0.747. The van der Waals surface area contributed by atoms with E-state index >= 15 is 0 Å². The maximum Gasteiger partial charge on any atom is 0.0798 e. The summed E-state index contributed by atoms with van der Waals surface area (Å²) in [4.78, 5) is 11.0. The number of nitrogens with zero attached hydrogens (tertiary/aromatic N) is 3. The van der Waals surface area contributed by atoms with Crippen LogP contribution in [-0.2, 0) is 6.54 Å². The first-order valence-electron chi connectivity index (χ1n) is 8.65. The zero-order valence-electron chi connectivity index (χ0n) is 14.0. The first-order chi connectivity index (χ1) is 10.7. The summed E-state index contributed by atoms with van der Waals surface area (Å²) in [5, 5.41) is 0. The number of aryl methyl sites for hydroxylation is 1. The SMILES string of the molecule is Cc1ncsc1CN(C)C[C@@H]1CCN(C[C@H]2CC=CCC2)C1. The summed E-state index contributed by atoms with van der Waals surface area (Å²) in [5.41, 5.74) is 3.17. The molecule has 1 aromatic heterocycles. The number of rotatable bonds is 6. The predicted octanol–water partition coefficient (Wildman–Crippen LogP) is 3.56. The molecule has 1 saturated heterocycles. The van der Waals surface area contributed by atoms with Gasteiger partial charge < -0.3 is 9.80 Å². The summed E-state index contributed by atoms with van der Waals surface area (Å²) in [7, 11) is 2.26. The van der Waals surface area contributed by atoms with Gasteiger partial charge in [-0.05, 0) is 58.0 Å². The second-order valence-electron chi connectivity index (χ2n) is 7.12. The van der Waals surface area contributed by atoms with E-state index in [4.69, 9.17) is 0 Å². The first-order valence-corrected chi connectivity index (χ1v) is 9.53. The lowest BCUT2D eigenvalue weighted by Crippen LogP contribution is -2.31. The summed E-state index contributed by atoms with van der Waals surface area (Å²) >= 11 is 1.79. The topological polar surface area (TPSA) is 19.4 Å². The highest BCUT2D eigenvalue weighted by molar-refractivity contribution is 7.09. The van der Waals surface area contributed by atoms with Crippen LogP contribution in [0.25, 0.3) is 0 Å². The van der Waals surface area contributed by atoms with Crippen LogP contribution in [0, 0.1) is 18.8 Å². The van der Waals surface area contributed by atoms with Gasteiger partial charge in [-0.15, -0.1) is 11.3 Å². The molecule has 1 aromatic rings. The third kappa shape index (κ3) is 4.40. The molecule has 0 bridgehead atoms. The van der Waals surface area contributed by atoms with Gasteiger partial charge in [0.15, 0.2) is 0 Å². The van der Waals surface area contributed by atoms with Crippen molar-refractivity contribution in [2.24, 2.45) is 11.8 Å². The molecule has 122 valence electrons. The normalized spacial score (nSPS) is 26.1. The van der Waals surface area contributed by atoms with Crippen LogP contribution in [-0.4, -0.2) is 48.0 Å². The van der Waals surface area contributed by atoms with Gasteiger partial charge in [0.2, 0.25) is 0 Å². The zero-order chi connectivity index (χ0) is 15.4. The Morgan fingerprint density at radius 1 is 1.32 bits per heavy atom. The summed E-state index contributed by atoms with van der Waals surface area (Å²) in [6.45, 7) is 8.32. The second-order valence-corrected chi connectivity index (χ2v) is 8.06. The van der Waals surface area contributed by atoms with Gasteiger partial charge in [-0.2, -0.15) is 0 Å². The van der Waals surface area contributed by atoms with E-state index in [0.717, 1.165) is 18.4 Å². The van der Waals surface area contributed by atoms with Crippen molar-refractivity contribution in [3.8, 4) is 0 Å². The monoisotopic (exact) mass is 319 g/mol. The van der Waals surface area contributed by atoms with Gasteiger partial charge >= 0.3 is 0 Å². The number of hydrogen-bond donors (Lipinski definition) is 0. The smallest absolute Gasteiger partial charge is 0.0798 e. The maximum absolute atomic E-state index is 4.36. The van der Waals surface area contributed by atoms with E-state index in [1.165, 1.54) is 62.4 Å². The van der Waals surface area contributed by atoms with Gasteiger partial charge in [-0.25, -0.2) is 4.98 Å². The molecule has 2 heterocycles. The molecule has 3 rings (SSSR count). The van der Waals surface area contributed by atoms with Crippen LogP contribution in [0.4, 0.5) is 0 Å². The Morgan fingerprint density at radius 2 is 2.23 bits per heavy atom. The van der Waals surface area contributed by atoms with Crippen molar-refractivity contribution in [2.45, 2.75) is 39.2 Å². The maximum atomic E-state index is 4.36. The van der Waals surface area contributed by atoms with Crippen LogP contribution >= 0.6 is 11.3 Å².